The first-order valence-electron chi connectivity index (χ1n) is 9.86. The van der Waals surface area contributed by atoms with Gasteiger partial charge in [0, 0.05) is 5.92 Å². The molecule has 152 valence electrons. The fourth-order valence-corrected chi connectivity index (χ4v) is 4.03. The molecule has 1 aliphatic carbocycles. The molecule has 30 heavy (non-hydrogen) atoms. The summed E-state index contributed by atoms with van der Waals surface area (Å²) in [6.07, 6.45) is 0.0741. The van der Waals surface area contributed by atoms with Crippen LogP contribution in [0.3, 0.4) is 0 Å². The lowest BCUT2D eigenvalue weighted by Gasteiger charge is -2.19. The predicted molar refractivity (Wildman–Crippen MR) is 116 cm³/mol. The second-order valence-corrected chi connectivity index (χ2v) is 7.50. The fraction of sp³-hybridized carbons (Fsp3) is 0.208. The molecule has 1 aliphatic rings. The van der Waals surface area contributed by atoms with Gasteiger partial charge < -0.3 is 10.1 Å². The molecule has 1 N–H and O–H groups in total. The van der Waals surface area contributed by atoms with Gasteiger partial charge >= 0.3 is 6.09 Å². The number of rotatable bonds is 6. The van der Waals surface area contributed by atoms with E-state index < -0.39 is 11.3 Å². The third-order valence-electron chi connectivity index (χ3n) is 5.37. The Morgan fingerprint density at radius 2 is 1.63 bits per heavy atom. The Kier molecular flexibility index (Phi) is 5.81. The number of hydrogen-bond acceptors (Lipinski definition) is 4. The van der Waals surface area contributed by atoms with E-state index in [0.717, 1.165) is 11.1 Å². The molecule has 0 spiro atoms. The molecule has 6 heteroatoms. The molecule has 2 aromatic carbocycles. The minimum Gasteiger partial charge on any atom is -0.449 e. The number of hydrogen-bond donors (Lipinski definition) is 1. The van der Waals surface area contributed by atoms with Crippen LogP contribution >= 0.6 is 11.6 Å². The third kappa shape index (κ3) is 3.94. The first-order chi connectivity index (χ1) is 14.6. The van der Waals surface area contributed by atoms with E-state index in [0.29, 0.717) is 12.1 Å². The highest BCUT2D eigenvalue weighted by atomic mass is 35.5. The minimum absolute atomic E-state index is 0.00134. The molecule has 5 nitrogen and oxygen atoms in total. The van der Waals surface area contributed by atoms with E-state index in [4.69, 9.17) is 16.3 Å². The number of carbonyl (C=O) groups excluding carboxylic acids is 2. The van der Waals surface area contributed by atoms with Gasteiger partial charge in [-0.25, -0.2) is 9.78 Å². The maximum Gasteiger partial charge on any atom is 0.407 e. The van der Waals surface area contributed by atoms with Crippen LogP contribution in [0, 0.1) is 0 Å². The lowest BCUT2D eigenvalue weighted by Crippen LogP contribution is -2.30. The lowest BCUT2D eigenvalue weighted by atomic mass is 9.98. The Morgan fingerprint density at radius 1 is 1.00 bits per heavy atom. The summed E-state index contributed by atoms with van der Waals surface area (Å²) >= 11 is 5.52. The summed E-state index contributed by atoms with van der Waals surface area (Å²) in [6.45, 7) is 2.16. The number of fused-ring (bicyclic) bond motifs is 3. The van der Waals surface area contributed by atoms with Gasteiger partial charge in [-0.2, -0.15) is 0 Å². The van der Waals surface area contributed by atoms with E-state index in [1.165, 1.54) is 11.1 Å². The predicted octanol–water partition coefficient (Wildman–Crippen LogP) is 5.45. The van der Waals surface area contributed by atoms with Crippen LogP contribution in [-0.4, -0.2) is 22.9 Å². The molecule has 1 aromatic heterocycles. The molecule has 0 saturated carbocycles. The summed E-state index contributed by atoms with van der Waals surface area (Å²) in [7, 11) is 0. The summed E-state index contributed by atoms with van der Waals surface area (Å²) in [5.41, 5.74) is 5.40. The van der Waals surface area contributed by atoms with Gasteiger partial charge in [-0.15, -0.1) is 0 Å². The minimum atomic E-state index is -0.632. The Balaban J connectivity index is 1.46. The summed E-state index contributed by atoms with van der Waals surface area (Å²) in [6, 6.07) is 21.0. The smallest absolute Gasteiger partial charge is 0.407 e. The lowest BCUT2D eigenvalue weighted by molar-refractivity contribution is 0.107. The summed E-state index contributed by atoms with van der Waals surface area (Å²) in [5, 5.41) is 2.21. The van der Waals surface area contributed by atoms with Crippen molar-refractivity contribution in [1.82, 2.24) is 10.3 Å². The second kappa shape index (κ2) is 8.67. The molecule has 1 heterocycles. The number of halogens is 1. The molecule has 0 aliphatic heterocycles. The molecule has 0 fully saturated rings. The second-order valence-electron chi connectivity index (χ2n) is 7.15. The molecule has 0 radical (unpaired) electrons. The molecule has 4 rings (SSSR count). The number of alkyl carbamates (subject to hydrolysis) is 1. The van der Waals surface area contributed by atoms with Crippen LogP contribution < -0.4 is 5.32 Å². The standard InChI is InChI=1S/C24H21ClN2O3/c1-2-20(21-12-7-13-22(26-21)23(25)28)27-24(29)30-14-19-17-10-5-3-8-15(17)16-9-4-6-11-18(16)19/h3-13,19-20H,2,14H2,1H3,(H,27,29). The highest BCUT2D eigenvalue weighted by Gasteiger charge is 2.29. The molecule has 1 amide bonds. The topological polar surface area (TPSA) is 68.3 Å². The van der Waals surface area contributed by atoms with Crippen molar-refractivity contribution in [3.05, 3.63) is 89.2 Å². The number of amides is 1. The van der Waals surface area contributed by atoms with Crippen molar-refractivity contribution in [2.24, 2.45) is 0 Å². The van der Waals surface area contributed by atoms with Crippen molar-refractivity contribution in [3.8, 4) is 11.1 Å². The highest BCUT2D eigenvalue weighted by molar-refractivity contribution is 6.67. The Bertz CT molecular complexity index is 1050. The SMILES string of the molecule is CCC(NC(=O)OCC1c2ccccc2-c2ccccc21)c1cccc(C(=O)Cl)n1. The quantitative estimate of drug-likeness (QED) is 0.538. The maximum absolute atomic E-state index is 12.5. The Morgan fingerprint density at radius 3 is 2.23 bits per heavy atom. The van der Waals surface area contributed by atoms with E-state index in [-0.39, 0.29) is 24.3 Å². The third-order valence-corrected chi connectivity index (χ3v) is 5.57. The largest absolute Gasteiger partial charge is 0.449 e. The molecule has 1 atom stereocenters. The zero-order valence-electron chi connectivity index (χ0n) is 16.5. The number of pyridine rings is 1. The van der Waals surface area contributed by atoms with Crippen molar-refractivity contribution >= 4 is 22.9 Å². The van der Waals surface area contributed by atoms with Crippen LogP contribution in [0.4, 0.5) is 4.79 Å². The average molecular weight is 421 g/mol. The van der Waals surface area contributed by atoms with Gasteiger partial charge in [0.15, 0.2) is 0 Å². The van der Waals surface area contributed by atoms with Crippen LogP contribution in [0.15, 0.2) is 66.7 Å². The molecular formula is C24H21ClN2O3. The van der Waals surface area contributed by atoms with Gasteiger partial charge in [-0.05, 0) is 52.4 Å². The van der Waals surface area contributed by atoms with Crippen LogP contribution in [0.1, 0.15) is 52.6 Å². The number of nitrogens with one attached hydrogen (secondary N) is 1. The monoisotopic (exact) mass is 420 g/mol. The van der Waals surface area contributed by atoms with Crippen molar-refractivity contribution in [2.75, 3.05) is 6.61 Å². The number of benzene rings is 2. The average Bonchev–Trinajstić information content (AvgIpc) is 3.10. The number of carbonyl (C=O) groups is 2. The number of aromatic nitrogens is 1. The van der Waals surface area contributed by atoms with Crippen LogP contribution in [0.25, 0.3) is 11.1 Å². The zero-order valence-corrected chi connectivity index (χ0v) is 17.2. The molecule has 1 unspecified atom stereocenters. The maximum atomic E-state index is 12.5. The first-order valence-corrected chi connectivity index (χ1v) is 10.2. The van der Waals surface area contributed by atoms with E-state index in [1.54, 1.807) is 18.2 Å². The van der Waals surface area contributed by atoms with Crippen LogP contribution in [-0.2, 0) is 4.74 Å². The van der Waals surface area contributed by atoms with Gasteiger partial charge in [-0.3, -0.25) is 4.79 Å². The van der Waals surface area contributed by atoms with E-state index in [2.05, 4.69) is 34.6 Å². The van der Waals surface area contributed by atoms with Crippen molar-refractivity contribution in [1.29, 1.82) is 0 Å². The number of nitrogens with zero attached hydrogens (tertiary/aromatic N) is 1. The number of ether oxygens (including phenoxy) is 1. The Labute approximate surface area is 180 Å². The molecule has 3 aromatic rings. The fourth-order valence-electron chi connectivity index (χ4n) is 3.92. The van der Waals surface area contributed by atoms with Crippen molar-refractivity contribution < 1.29 is 14.3 Å². The Hall–Kier alpha value is -3.18. The summed E-state index contributed by atoms with van der Waals surface area (Å²) in [4.78, 5) is 28.1. The highest BCUT2D eigenvalue weighted by Crippen LogP contribution is 2.44. The van der Waals surface area contributed by atoms with E-state index in [9.17, 15) is 9.59 Å². The van der Waals surface area contributed by atoms with E-state index >= 15 is 0 Å². The van der Waals surface area contributed by atoms with Gasteiger partial charge in [0.05, 0.1) is 11.7 Å². The molecule has 0 saturated heterocycles. The van der Waals surface area contributed by atoms with Gasteiger partial charge in [0.1, 0.15) is 12.3 Å². The van der Waals surface area contributed by atoms with Crippen LogP contribution in [0.2, 0.25) is 0 Å². The van der Waals surface area contributed by atoms with Crippen molar-refractivity contribution in [3.63, 3.8) is 0 Å². The molecule has 0 bridgehead atoms. The van der Waals surface area contributed by atoms with Crippen LogP contribution in [0.5, 0.6) is 0 Å². The van der Waals surface area contributed by atoms with Crippen molar-refractivity contribution in [2.45, 2.75) is 25.3 Å². The van der Waals surface area contributed by atoms with Gasteiger partial charge in [-0.1, -0.05) is 61.5 Å². The van der Waals surface area contributed by atoms with Gasteiger partial charge in [0.2, 0.25) is 0 Å². The van der Waals surface area contributed by atoms with E-state index in [1.807, 2.05) is 31.2 Å². The van der Waals surface area contributed by atoms with Gasteiger partial charge in [0.25, 0.3) is 5.24 Å². The first kappa shape index (κ1) is 20.1. The molecular weight excluding hydrogens is 400 g/mol. The summed E-state index contributed by atoms with van der Waals surface area (Å²) in [5.74, 6) is -0.00134. The summed E-state index contributed by atoms with van der Waals surface area (Å²) < 4.78 is 5.60. The normalized spacial score (nSPS) is 13.3. The zero-order chi connectivity index (χ0) is 21.1.